The van der Waals surface area contributed by atoms with E-state index in [0.717, 1.165) is 56.9 Å². The minimum absolute atomic E-state index is 0.0322. The van der Waals surface area contributed by atoms with Gasteiger partial charge in [-0.2, -0.15) is 0 Å². The summed E-state index contributed by atoms with van der Waals surface area (Å²) in [5.41, 5.74) is 1.28. The van der Waals surface area contributed by atoms with Crippen LogP contribution in [0.1, 0.15) is 74.2 Å². The monoisotopic (exact) mass is 511 g/mol. The number of hydrogen-bond donors (Lipinski definition) is 0. The molecule has 2 aromatic rings. The number of halogens is 1. The normalized spacial score (nSPS) is 23.8. The fourth-order valence-corrected chi connectivity index (χ4v) is 5.60. The van der Waals surface area contributed by atoms with Crippen molar-refractivity contribution in [2.45, 2.75) is 77.0 Å². The highest BCUT2D eigenvalue weighted by Gasteiger charge is 2.37. The second-order valence-corrected chi connectivity index (χ2v) is 10.4. The molecule has 200 valence electrons. The summed E-state index contributed by atoms with van der Waals surface area (Å²) in [6.07, 6.45) is 6.80. The SMILES string of the molecule is COC(=O)c1cc(OCc2ccccc2)c(F)cc1N(C(=O)C1CCC(C)CC1)C1CCC(OC)CC1. The first-order valence-electron chi connectivity index (χ1n) is 13.4. The van der Waals surface area contributed by atoms with E-state index >= 15 is 4.39 Å². The van der Waals surface area contributed by atoms with Crippen molar-refractivity contribution in [1.82, 2.24) is 0 Å². The van der Waals surface area contributed by atoms with E-state index in [4.69, 9.17) is 14.2 Å². The lowest BCUT2D eigenvalue weighted by molar-refractivity contribution is -0.124. The number of methoxy groups -OCH3 is 2. The molecule has 2 saturated carbocycles. The largest absolute Gasteiger partial charge is 0.486 e. The Morgan fingerprint density at radius 1 is 0.946 bits per heavy atom. The van der Waals surface area contributed by atoms with Gasteiger partial charge in [0.25, 0.3) is 0 Å². The van der Waals surface area contributed by atoms with Gasteiger partial charge in [0.15, 0.2) is 11.6 Å². The van der Waals surface area contributed by atoms with Gasteiger partial charge in [0.05, 0.1) is 24.5 Å². The highest BCUT2D eigenvalue weighted by atomic mass is 19.1. The Labute approximate surface area is 219 Å². The van der Waals surface area contributed by atoms with Crippen LogP contribution in [0.4, 0.5) is 10.1 Å². The first-order valence-corrected chi connectivity index (χ1v) is 13.4. The summed E-state index contributed by atoms with van der Waals surface area (Å²) in [7, 11) is 2.99. The predicted molar refractivity (Wildman–Crippen MR) is 140 cm³/mol. The molecule has 2 aliphatic rings. The lowest BCUT2D eigenvalue weighted by Crippen LogP contribution is -2.47. The van der Waals surface area contributed by atoms with Gasteiger partial charge < -0.3 is 19.1 Å². The fraction of sp³-hybridized carbons (Fsp3) is 0.533. The van der Waals surface area contributed by atoms with Crippen molar-refractivity contribution < 1.29 is 28.2 Å². The van der Waals surface area contributed by atoms with Gasteiger partial charge in [0.2, 0.25) is 5.91 Å². The van der Waals surface area contributed by atoms with Crippen LogP contribution in [0.25, 0.3) is 0 Å². The van der Waals surface area contributed by atoms with E-state index in [1.165, 1.54) is 19.2 Å². The smallest absolute Gasteiger partial charge is 0.340 e. The molecular formula is C30H38FNO5. The lowest BCUT2D eigenvalue weighted by Gasteiger charge is -2.40. The number of ether oxygens (including phenoxy) is 3. The minimum atomic E-state index is -0.625. The van der Waals surface area contributed by atoms with Crippen molar-refractivity contribution in [3.63, 3.8) is 0 Å². The maximum absolute atomic E-state index is 15.5. The molecule has 0 atom stereocenters. The molecule has 0 bridgehead atoms. The molecule has 37 heavy (non-hydrogen) atoms. The van der Waals surface area contributed by atoms with E-state index in [1.807, 2.05) is 30.3 Å². The zero-order chi connectivity index (χ0) is 26.4. The standard InChI is InChI=1S/C30H38FNO5/c1-20-9-11-22(12-10-20)29(33)32(23-13-15-24(35-2)16-14-23)27-18-26(31)28(17-25(27)30(34)36-3)37-19-21-7-5-4-6-8-21/h4-8,17-18,20,22-24H,9-16,19H2,1-3H3. The van der Waals surface area contributed by atoms with Crippen LogP contribution in [0.2, 0.25) is 0 Å². The van der Waals surface area contributed by atoms with Crippen molar-refractivity contribution in [1.29, 1.82) is 0 Å². The summed E-state index contributed by atoms with van der Waals surface area (Å²) in [6.45, 7) is 2.37. The van der Waals surface area contributed by atoms with Gasteiger partial charge in [-0.3, -0.25) is 4.79 Å². The molecule has 0 saturated heterocycles. The topological polar surface area (TPSA) is 65.1 Å². The number of esters is 1. The Morgan fingerprint density at radius 3 is 2.24 bits per heavy atom. The number of hydrogen-bond acceptors (Lipinski definition) is 5. The molecule has 0 N–H and O–H groups in total. The highest BCUT2D eigenvalue weighted by Crippen LogP contribution is 2.38. The predicted octanol–water partition coefficient (Wildman–Crippen LogP) is 6.31. The maximum Gasteiger partial charge on any atom is 0.340 e. The van der Waals surface area contributed by atoms with E-state index in [1.54, 1.807) is 12.0 Å². The molecule has 0 heterocycles. The molecule has 2 aromatic carbocycles. The number of carbonyl (C=O) groups excluding carboxylic acids is 2. The van der Waals surface area contributed by atoms with Crippen molar-refractivity contribution in [3.05, 3.63) is 59.4 Å². The van der Waals surface area contributed by atoms with Gasteiger partial charge >= 0.3 is 5.97 Å². The van der Waals surface area contributed by atoms with E-state index in [-0.39, 0.29) is 47.6 Å². The third-order valence-corrected chi connectivity index (χ3v) is 7.90. The number of anilines is 1. The average molecular weight is 512 g/mol. The molecule has 0 spiro atoms. The first-order chi connectivity index (χ1) is 17.9. The van der Waals surface area contributed by atoms with E-state index < -0.39 is 11.8 Å². The van der Waals surface area contributed by atoms with E-state index in [2.05, 4.69) is 6.92 Å². The molecule has 0 aliphatic heterocycles. The molecular weight excluding hydrogens is 473 g/mol. The fourth-order valence-electron chi connectivity index (χ4n) is 5.60. The second kappa shape index (κ2) is 12.5. The minimum Gasteiger partial charge on any atom is -0.486 e. The van der Waals surface area contributed by atoms with E-state index in [9.17, 15) is 9.59 Å². The van der Waals surface area contributed by atoms with Gasteiger partial charge in [-0.05, 0) is 68.9 Å². The quantitative estimate of drug-likeness (QED) is 0.389. The Kier molecular flexibility index (Phi) is 9.19. The van der Waals surface area contributed by atoms with Gasteiger partial charge in [-0.1, -0.05) is 37.3 Å². The van der Waals surface area contributed by atoms with Crippen molar-refractivity contribution in [2.24, 2.45) is 11.8 Å². The summed E-state index contributed by atoms with van der Waals surface area (Å²) >= 11 is 0. The molecule has 0 radical (unpaired) electrons. The summed E-state index contributed by atoms with van der Waals surface area (Å²) in [6, 6.07) is 11.9. The lowest BCUT2D eigenvalue weighted by atomic mass is 9.81. The second-order valence-electron chi connectivity index (χ2n) is 10.4. The number of amides is 1. The Balaban J connectivity index is 1.69. The van der Waals surface area contributed by atoms with Crippen LogP contribution < -0.4 is 9.64 Å². The van der Waals surface area contributed by atoms with Crippen LogP contribution in [-0.4, -0.2) is 38.2 Å². The summed E-state index contributed by atoms with van der Waals surface area (Å²) in [5.74, 6) is -0.859. The van der Waals surface area contributed by atoms with Crippen molar-refractivity contribution in [2.75, 3.05) is 19.1 Å². The molecule has 7 heteroatoms. The van der Waals surface area contributed by atoms with Crippen molar-refractivity contribution >= 4 is 17.6 Å². The van der Waals surface area contributed by atoms with Gasteiger partial charge in [0, 0.05) is 25.1 Å². The van der Waals surface area contributed by atoms with E-state index in [0.29, 0.717) is 5.92 Å². The Hall–Kier alpha value is -2.93. The molecule has 0 aromatic heterocycles. The van der Waals surface area contributed by atoms with Gasteiger partial charge in [0.1, 0.15) is 6.61 Å². The number of carbonyl (C=O) groups is 2. The van der Waals surface area contributed by atoms with Crippen LogP contribution in [-0.2, 0) is 20.9 Å². The third-order valence-electron chi connectivity index (χ3n) is 7.90. The zero-order valence-electron chi connectivity index (χ0n) is 22.1. The first kappa shape index (κ1) is 27.1. The molecule has 0 unspecified atom stereocenters. The number of benzene rings is 2. The van der Waals surface area contributed by atoms with Crippen LogP contribution in [0, 0.1) is 17.7 Å². The van der Waals surface area contributed by atoms with Crippen LogP contribution >= 0.6 is 0 Å². The van der Waals surface area contributed by atoms with Crippen LogP contribution in [0.15, 0.2) is 42.5 Å². The third kappa shape index (κ3) is 6.50. The van der Waals surface area contributed by atoms with Crippen LogP contribution in [0.5, 0.6) is 5.75 Å². The number of rotatable bonds is 8. The van der Waals surface area contributed by atoms with Crippen LogP contribution in [0.3, 0.4) is 0 Å². The molecule has 6 nitrogen and oxygen atoms in total. The van der Waals surface area contributed by atoms with Gasteiger partial charge in [-0.25, -0.2) is 9.18 Å². The average Bonchev–Trinajstić information content (AvgIpc) is 2.93. The molecule has 4 rings (SSSR count). The summed E-state index contributed by atoms with van der Waals surface area (Å²) in [4.78, 5) is 28.7. The molecule has 1 amide bonds. The van der Waals surface area contributed by atoms with Gasteiger partial charge in [-0.15, -0.1) is 0 Å². The highest BCUT2D eigenvalue weighted by molar-refractivity contribution is 6.04. The number of nitrogens with zero attached hydrogens (tertiary/aromatic N) is 1. The zero-order valence-corrected chi connectivity index (χ0v) is 22.1. The Bertz CT molecular complexity index is 1060. The summed E-state index contributed by atoms with van der Waals surface area (Å²) in [5, 5.41) is 0. The molecule has 2 aliphatic carbocycles. The molecule has 2 fully saturated rings. The summed E-state index contributed by atoms with van der Waals surface area (Å²) < 4.78 is 31.8. The maximum atomic E-state index is 15.5. The Morgan fingerprint density at radius 2 is 1.62 bits per heavy atom. The van der Waals surface area contributed by atoms with Crippen molar-refractivity contribution in [3.8, 4) is 5.75 Å².